The molecule has 1 amide bonds. The minimum Gasteiger partial charge on any atom is -0.484 e. The summed E-state index contributed by atoms with van der Waals surface area (Å²) in [4.78, 5) is 13.7. The third-order valence-corrected chi connectivity index (χ3v) is 6.09. The average Bonchev–Trinajstić information content (AvgIpc) is 3.27. The summed E-state index contributed by atoms with van der Waals surface area (Å²) in [6, 6.07) is 17.0. The van der Waals surface area contributed by atoms with Crippen LogP contribution in [0.4, 0.5) is 0 Å². The molecule has 0 fully saturated rings. The van der Waals surface area contributed by atoms with Crippen molar-refractivity contribution in [2.24, 2.45) is 5.73 Å². The normalized spacial score (nSPS) is 10.1. The van der Waals surface area contributed by atoms with E-state index in [1.54, 1.807) is 11.3 Å². The van der Waals surface area contributed by atoms with Gasteiger partial charge in [-0.25, -0.2) is 0 Å². The van der Waals surface area contributed by atoms with Crippen molar-refractivity contribution >= 4 is 27.3 Å². The maximum Gasteiger partial charge on any atom is 0.222 e. The fourth-order valence-electron chi connectivity index (χ4n) is 3.37. The van der Waals surface area contributed by atoms with Gasteiger partial charge in [0, 0.05) is 24.2 Å². The molecule has 0 bridgehead atoms. The molecule has 0 spiro atoms. The van der Waals surface area contributed by atoms with Gasteiger partial charge in [-0.15, -0.1) is 0 Å². The van der Waals surface area contributed by atoms with Gasteiger partial charge in [-0.2, -0.15) is 0 Å². The van der Waals surface area contributed by atoms with Gasteiger partial charge in [0.05, 0.1) is 6.61 Å². The van der Waals surface area contributed by atoms with Crippen LogP contribution in [0.25, 0.3) is 10.1 Å². The zero-order chi connectivity index (χ0) is 25.3. The minimum absolute atomic E-state index is 0.225. The SMILES string of the molecule is CC.CCCN(Cc1ccc(CCN)cc1)C(=O)CC.CCCOc1cc2ccc(C)cc2s1. The van der Waals surface area contributed by atoms with Crippen molar-refractivity contribution in [3.8, 4) is 5.06 Å². The lowest BCUT2D eigenvalue weighted by Crippen LogP contribution is -2.30. The zero-order valence-electron chi connectivity index (χ0n) is 22.0. The first-order valence-electron chi connectivity index (χ1n) is 12.7. The molecule has 2 N–H and O–H groups in total. The van der Waals surface area contributed by atoms with Gasteiger partial charge in [-0.3, -0.25) is 4.79 Å². The number of thiophene rings is 1. The molecule has 1 heterocycles. The van der Waals surface area contributed by atoms with Gasteiger partial charge in [0.2, 0.25) is 5.91 Å². The molecule has 0 aliphatic carbocycles. The fourth-order valence-corrected chi connectivity index (χ4v) is 4.41. The van der Waals surface area contributed by atoms with Crippen LogP contribution < -0.4 is 10.5 Å². The third-order valence-electron chi connectivity index (χ3n) is 5.08. The lowest BCUT2D eigenvalue weighted by molar-refractivity contribution is -0.131. The van der Waals surface area contributed by atoms with Crippen LogP contribution in [-0.4, -0.2) is 30.5 Å². The Bertz CT molecular complexity index is 950. The Morgan fingerprint density at radius 2 is 1.65 bits per heavy atom. The summed E-state index contributed by atoms with van der Waals surface area (Å²) in [7, 11) is 0. The molecule has 0 unspecified atom stereocenters. The Labute approximate surface area is 211 Å². The highest BCUT2D eigenvalue weighted by Gasteiger charge is 2.10. The van der Waals surface area contributed by atoms with Gasteiger partial charge < -0.3 is 15.4 Å². The second kappa shape index (κ2) is 17.1. The molecule has 4 nitrogen and oxygen atoms in total. The van der Waals surface area contributed by atoms with Crippen molar-refractivity contribution in [3.63, 3.8) is 0 Å². The number of hydrogen-bond donors (Lipinski definition) is 1. The summed E-state index contributed by atoms with van der Waals surface area (Å²) in [6.07, 6.45) is 3.54. The smallest absolute Gasteiger partial charge is 0.222 e. The van der Waals surface area contributed by atoms with Crippen LogP contribution in [-0.2, 0) is 17.8 Å². The fraction of sp³-hybridized carbons (Fsp3) is 0.483. The average molecular weight is 485 g/mol. The lowest BCUT2D eigenvalue weighted by Gasteiger charge is -2.21. The predicted molar refractivity (Wildman–Crippen MR) is 149 cm³/mol. The standard InChI is InChI=1S/C15H24N2O.C12H14OS.C2H6/c1-3-11-17(15(18)4-2)12-14-7-5-13(6-8-14)9-10-16;1-3-6-13-12-8-10-5-4-9(2)7-11(10)14-12;1-2/h5-8H,3-4,9-12,16H2,1-2H3;4-5,7-8H,3,6H2,1-2H3;1-2H3. The van der Waals surface area contributed by atoms with Crippen LogP contribution in [0.15, 0.2) is 48.5 Å². The highest BCUT2D eigenvalue weighted by atomic mass is 32.1. The van der Waals surface area contributed by atoms with E-state index in [1.807, 2.05) is 25.7 Å². The van der Waals surface area contributed by atoms with E-state index in [1.165, 1.54) is 26.8 Å². The van der Waals surface area contributed by atoms with Crippen LogP contribution in [0, 0.1) is 6.92 Å². The van der Waals surface area contributed by atoms with Crippen molar-refractivity contribution in [1.29, 1.82) is 0 Å². The molecule has 0 aliphatic heterocycles. The Kier molecular flexibility index (Phi) is 14.9. The van der Waals surface area contributed by atoms with Gasteiger partial charge in [0.15, 0.2) is 5.06 Å². The molecule has 0 radical (unpaired) electrons. The molecule has 0 aliphatic rings. The summed E-state index contributed by atoms with van der Waals surface area (Å²) in [5, 5.41) is 2.32. The van der Waals surface area contributed by atoms with Crippen LogP contribution in [0.5, 0.6) is 5.06 Å². The number of fused-ring (bicyclic) bond motifs is 1. The molecule has 34 heavy (non-hydrogen) atoms. The molecular weight excluding hydrogens is 440 g/mol. The molecule has 3 rings (SSSR count). The number of rotatable bonds is 10. The van der Waals surface area contributed by atoms with Crippen molar-refractivity contribution in [3.05, 3.63) is 65.2 Å². The van der Waals surface area contributed by atoms with E-state index in [0.29, 0.717) is 19.5 Å². The minimum atomic E-state index is 0.225. The zero-order valence-corrected chi connectivity index (χ0v) is 22.8. The van der Waals surface area contributed by atoms with Gasteiger partial charge in [0.1, 0.15) is 0 Å². The van der Waals surface area contributed by atoms with Crippen LogP contribution in [0.3, 0.4) is 0 Å². The lowest BCUT2D eigenvalue weighted by atomic mass is 10.1. The Morgan fingerprint density at radius 3 is 2.24 bits per heavy atom. The molecule has 0 saturated carbocycles. The molecule has 2 aromatic carbocycles. The maximum atomic E-state index is 11.8. The number of amides is 1. The van der Waals surface area contributed by atoms with Crippen molar-refractivity contribution in [2.45, 2.75) is 73.8 Å². The van der Waals surface area contributed by atoms with E-state index in [9.17, 15) is 4.79 Å². The first-order chi connectivity index (χ1) is 16.5. The number of ether oxygens (including phenoxy) is 1. The number of carbonyl (C=O) groups excluding carboxylic acids is 1. The summed E-state index contributed by atoms with van der Waals surface area (Å²) < 4.78 is 6.91. The number of nitrogens with two attached hydrogens (primary N) is 1. The topological polar surface area (TPSA) is 55.6 Å². The first-order valence-corrected chi connectivity index (χ1v) is 13.5. The Hall–Kier alpha value is -2.37. The quantitative estimate of drug-likeness (QED) is 0.327. The Balaban J connectivity index is 0.000000324. The second-order valence-electron chi connectivity index (χ2n) is 7.98. The maximum absolute atomic E-state index is 11.8. The van der Waals surface area contributed by atoms with E-state index >= 15 is 0 Å². The molecule has 1 aromatic heterocycles. The molecule has 5 heteroatoms. The number of aryl methyl sites for hydroxylation is 1. The summed E-state index contributed by atoms with van der Waals surface area (Å²) >= 11 is 1.73. The van der Waals surface area contributed by atoms with Crippen molar-refractivity contribution in [1.82, 2.24) is 4.90 Å². The first kappa shape index (κ1) is 29.7. The molecular formula is C29H44N2O2S. The third kappa shape index (κ3) is 10.3. The van der Waals surface area contributed by atoms with E-state index in [4.69, 9.17) is 10.5 Å². The van der Waals surface area contributed by atoms with Crippen LogP contribution in [0.2, 0.25) is 0 Å². The van der Waals surface area contributed by atoms with Gasteiger partial charge >= 0.3 is 0 Å². The van der Waals surface area contributed by atoms with E-state index in [-0.39, 0.29) is 5.91 Å². The van der Waals surface area contributed by atoms with Gasteiger partial charge in [-0.1, -0.05) is 82.4 Å². The predicted octanol–water partition coefficient (Wildman–Crippen LogP) is 7.36. The van der Waals surface area contributed by atoms with Crippen molar-refractivity contribution in [2.75, 3.05) is 19.7 Å². The highest BCUT2D eigenvalue weighted by Crippen LogP contribution is 2.32. The Morgan fingerprint density at radius 1 is 0.971 bits per heavy atom. The number of carbonyl (C=O) groups is 1. The summed E-state index contributed by atoms with van der Waals surface area (Å²) in [5.41, 5.74) is 9.27. The van der Waals surface area contributed by atoms with Crippen molar-refractivity contribution < 1.29 is 9.53 Å². The second-order valence-corrected chi connectivity index (χ2v) is 9.03. The van der Waals surface area contributed by atoms with E-state index in [2.05, 4.69) is 69.3 Å². The van der Waals surface area contributed by atoms with Gasteiger partial charge in [-0.05, 0) is 66.9 Å². The van der Waals surface area contributed by atoms with E-state index < -0.39 is 0 Å². The molecule has 0 atom stereocenters. The van der Waals surface area contributed by atoms with E-state index in [0.717, 1.165) is 37.5 Å². The molecule has 188 valence electrons. The summed E-state index contributed by atoms with van der Waals surface area (Å²) in [6.45, 7) is 15.3. The van der Waals surface area contributed by atoms with Crippen LogP contribution >= 0.6 is 11.3 Å². The number of benzene rings is 2. The number of hydrogen-bond acceptors (Lipinski definition) is 4. The molecule has 3 aromatic rings. The largest absolute Gasteiger partial charge is 0.484 e. The van der Waals surface area contributed by atoms with Crippen LogP contribution in [0.1, 0.15) is 70.6 Å². The highest BCUT2D eigenvalue weighted by molar-refractivity contribution is 7.20. The summed E-state index contributed by atoms with van der Waals surface area (Å²) in [5.74, 6) is 0.225. The molecule has 0 saturated heterocycles. The monoisotopic (exact) mass is 484 g/mol. The number of nitrogens with zero attached hydrogens (tertiary/aromatic N) is 1. The van der Waals surface area contributed by atoms with Gasteiger partial charge in [0.25, 0.3) is 0 Å².